The maximum Gasteiger partial charge on any atom is 0.254 e. The predicted molar refractivity (Wildman–Crippen MR) is 91.2 cm³/mol. The van der Waals surface area contributed by atoms with Gasteiger partial charge in [0.05, 0.1) is 6.04 Å². The van der Waals surface area contributed by atoms with E-state index < -0.39 is 0 Å². The van der Waals surface area contributed by atoms with Crippen molar-refractivity contribution in [2.24, 2.45) is 0 Å². The van der Waals surface area contributed by atoms with Gasteiger partial charge in [-0.3, -0.25) is 4.79 Å². The number of methoxy groups -OCH3 is 1. The predicted octanol–water partition coefficient (Wildman–Crippen LogP) is 3.49. The van der Waals surface area contributed by atoms with Crippen molar-refractivity contribution in [2.45, 2.75) is 25.5 Å². The molecule has 1 atom stereocenters. The number of hydrogen-bond acceptors (Lipinski definition) is 5. The molecule has 1 aliphatic heterocycles. The van der Waals surface area contributed by atoms with Gasteiger partial charge in [-0.2, -0.15) is 0 Å². The summed E-state index contributed by atoms with van der Waals surface area (Å²) in [6, 6.07) is 7.06. The number of nitrogens with one attached hydrogen (secondary N) is 1. The largest absolute Gasteiger partial charge is 0.461 e. The van der Waals surface area contributed by atoms with Gasteiger partial charge in [-0.25, -0.2) is 4.98 Å². The van der Waals surface area contributed by atoms with Gasteiger partial charge in [0.1, 0.15) is 29.1 Å². The second kappa shape index (κ2) is 7.23. The molecule has 2 aromatic rings. The number of halogens is 1. The summed E-state index contributed by atoms with van der Waals surface area (Å²) in [5.74, 6) is 2.06. The number of ether oxygens (including phenoxy) is 1. The van der Waals surface area contributed by atoms with Crippen molar-refractivity contribution in [1.82, 2.24) is 9.88 Å². The molecular weight excluding hydrogens is 330 g/mol. The molecule has 1 aliphatic rings. The van der Waals surface area contributed by atoms with E-state index >= 15 is 0 Å². The minimum Gasteiger partial charge on any atom is -0.461 e. The highest BCUT2D eigenvalue weighted by Gasteiger charge is 2.33. The fourth-order valence-corrected chi connectivity index (χ4v) is 3.22. The van der Waals surface area contributed by atoms with E-state index in [2.05, 4.69) is 10.3 Å². The highest BCUT2D eigenvalue weighted by atomic mass is 35.5. The molecule has 0 aliphatic carbocycles. The van der Waals surface area contributed by atoms with Crippen LogP contribution in [0.15, 0.2) is 28.7 Å². The molecule has 24 heavy (non-hydrogen) atoms. The van der Waals surface area contributed by atoms with Crippen LogP contribution in [-0.2, 0) is 11.3 Å². The Morgan fingerprint density at radius 1 is 1.50 bits per heavy atom. The monoisotopic (exact) mass is 349 g/mol. The molecule has 1 amide bonds. The molecule has 0 spiro atoms. The standard InChI is InChI=1S/C17H20ClN3O3/c1-19-16-9-11(8-15(18)20-16)17(22)21-7-3-4-13(21)14-6-5-12(24-14)10-23-2/h5-6,8-9,13H,3-4,7,10H2,1-2H3,(H,19,20)/t13-/m1/s1. The smallest absolute Gasteiger partial charge is 0.254 e. The minimum atomic E-state index is -0.0667. The van der Waals surface area contributed by atoms with Crippen molar-refractivity contribution >= 4 is 23.3 Å². The average Bonchev–Trinajstić information content (AvgIpc) is 3.22. The molecular formula is C17H20ClN3O3. The van der Waals surface area contributed by atoms with Gasteiger partial charge in [0.25, 0.3) is 5.91 Å². The van der Waals surface area contributed by atoms with E-state index in [9.17, 15) is 4.79 Å². The Kier molecular flexibility index (Phi) is 5.06. The van der Waals surface area contributed by atoms with Crippen molar-refractivity contribution in [1.29, 1.82) is 0 Å². The number of pyridine rings is 1. The van der Waals surface area contributed by atoms with Crippen molar-refractivity contribution in [2.75, 3.05) is 26.0 Å². The van der Waals surface area contributed by atoms with Crippen LogP contribution in [0, 0.1) is 0 Å². The molecule has 128 valence electrons. The first-order chi connectivity index (χ1) is 11.6. The average molecular weight is 350 g/mol. The zero-order valence-corrected chi connectivity index (χ0v) is 14.5. The normalized spacial score (nSPS) is 17.3. The van der Waals surface area contributed by atoms with E-state index in [0.717, 1.165) is 24.4 Å². The van der Waals surface area contributed by atoms with Crippen LogP contribution in [0.25, 0.3) is 0 Å². The first-order valence-corrected chi connectivity index (χ1v) is 8.24. The van der Waals surface area contributed by atoms with Gasteiger partial charge < -0.3 is 19.4 Å². The van der Waals surface area contributed by atoms with Crippen molar-refractivity contribution in [3.63, 3.8) is 0 Å². The van der Waals surface area contributed by atoms with E-state index in [1.807, 2.05) is 17.0 Å². The van der Waals surface area contributed by atoms with Gasteiger partial charge >= 0.3 is 0 Å². The van der Waals surface area contributed by atoms with Crippen molar-refractivity contribution in [3.8, 4) is 0 Å². The Labute approximate surface area is 145 Å². The van der Waals surface area contributed by atoms with Crippen LogP contribution in [0.2, 0.25) is 5.15 Å². The SMILES string of the molecule is CNc1cc(C(=O)N2CCC[C@@H]2c2ccc(COC)o2)cc(Cl)n1. The Hall–Kier alpha value is -2.05. The quantitative estimate of drug-likeness (QED) is 0.837. The summed E-state index contributed by atoms with van der Waals surface area (Å²) >= 11 is 6.02. The van der Waals surface area contributed by atoms with Gasteiger partial charge in [0.15, 0.2) is 0 Å². The van der Waals surface area contributed by atoms with Crippen LogP contribution >= 0.6 is 11.6 Å². The molecule has 3 rings (SSSR count). The van der Waals surface area contributed by atoms with Crippen LogP contribution in [0.5, 0.6) is 0 Å². The number of likely N-dealkylation sites (tertiary alicyclic amines) is 1. The third kappa shape index (κ3) is 3.39. The number of furan rings is 1. The number of aromatic nitrogens is 1. The van der Waals surface area contributed by atoms with Crippen LogP contribution < -0.4 is 5.32 Å². The Bertz CT molecular complexity index is 732. The summed E-state index contributed by atoms with van der Waals surface area (Å²) < 4.78 is 10.9. The third-order valence-electron chi connectivity index (χ3n) is 4.11. The number of amides is 1. The molecule has 0 aromatic carbocycles. The lowest BCUT2D eigenvalue weighted by molar-refractivity contribution is 0.0715. The molecule has 1 saturated heterocycles. The summed E-state index contributed by atoms with van der Waals surface area (Å²) in [5.41, 5.74) is 0.523. The minimum absolute atomic E-state index is 0.0620. The van der Waals surface area contributed by atoms with Gasteiger partial charge in [0.2, 0.25) is 0 Å². The fourth-order valence-electron chi connectivity index (χ4n) is 3.01. The first-order valence-electron chi connectivity index (χ1n) is 7.86. The van der Waals surface area contributed by atoms with Crippen molar-refractivity contribution in [3.05, 3.63) is 46.5 Å². The van der Waals surface area contributed by atoms with Crippen LogP contribution in [-0.4, -0.2) is 36.5 Å². The highest BCUT2D eigenvalue weighted by Crippen LogP contribution is 2.34. The van der Waals surface area contributed by atoms with Crippen LogP contribution in [0.1, 0.15) is 40.8 Å². The van der Waals surface area contributed by atoms with Crippen LogP contribution in [0.3, 0.4) is 0 Å². The molecule has 1 fully saturated rings. The summed E-state index contributed by atoms with van der Waals surface area (Å²) in [5, 5.41) is 3.21. The molecule has 0 bridgehead atoms. The molecule has 1 N–H and O–H groups in total. The highest BCUT2D eigenvalue weighted by molar-refractivity contribution is 6.29. The van der Waals surface area contributed by atoms with Gasteiger partial charge in [-0.05, 0) is 37.1 Å². The fraction of sp³-hybridized carbons (Fsp3) is 0.412. The van der Waals surface area contributed by atoms with E-state index in [4.69, 9.17) is 20.8 Å². The number of nitrogens with zero attached hydrogens (tertiary/aromatic N) is 2. The summed E-state index contributed by atoms with van der Waals surface area (Å²) in [6.45, 7) is 1.12. The zero-order valence-electron chi connectivity index (χ0n) is 13.7. The summed E-state index contributed by atoms with van der Waals surface area (Å²) in [7, 11) is 3.37. The van der Waals surface area contributed by atoms with Crippen LogP contribution in [0.4, 0.5) is 5.82 Å². The number of anilines is 1. The Morgan fingerprint density at radius 2 is 2.33 bits per heavy atom. The van der Waals surface area contributed by atoms with E-state index in [0.29, 0.717) is 29.7 Å². The maximum atomic E-state index is 12.9. The lowest BCUT2D eigenvalue weighted by atomic mass is 10.1. The molecule has 0 unspecified atom stereocenters. The topological polar surface area (TPSA) is 67.6 Å². The van der Waals surface area contributed by atoms with Gasteiger partial charge in [0, 0.05) is 26.3 Å². The third-order valence-corrected chi connectivity index (χ3v) is 4.30. The molecule has 6 nitrogen and oxygen atoms in total. The Morgan fingerprint density at radius 3 is 3.08 bits per heavy atom. The van der Waals surface area contributed by atoms with E-state index in [1.165, 1.54) is 0 Å². The van der Waals surface area contributed by atoms with E-state index in [-0.39, 0.29) is 11.9 Å². The van der Waals surface area contributed by atoms with Crippen molar-refractivity contribution < 1.29 is 13.9 Å². The molecule has 3 heterocycles. The Balaban J connectivity index is 1.84. The molecule has 0 radical (unpaired) electrons. The molecule has 7 heteroatoms. The number of hydrogen-bond donors (Lipinski definition) is 1. The second-order valence-electron chi connectivity index (χ2n) is 5.71. The van der Waals surface area contributed by atoms with E-state index in [1.54, 1.807) is 26.3 Å². The summed E-state index contributed by atoms with van der Waals surface area (Å²) in [6.07, 6.45) is 1.82. The molecule has 2 aromatic heterocycles. The molecule has 0 saturated carbocycles. The second-order valence-corrected chi connectivity index (χ2v) is 6.09. The van der Waals surface area contributed by atoms with Gasteiger partial charge in [-0.1, -0.05) is 11.6 Å². The lowest BCUT2D eigenvalue weighted by Gasteiger charge is -2.23. The lowest BCUT2D eigenvalue weighted by Crippen LogP contribution is -2.30. The summed E-state index contributed by atoms with van der Waals surface area (Å²) in [4.78, 5) is 18.9. The number of rotatable bonds is 5. The zero-order chi connectivity index (χ0) is 17.1. The number of carbonyl (C=O) groups is 1. The maximum absolute atomic E-state index is 12.9. The first kappa shape index (κ1) is 16.8. The number of carbonyl (C=O) groups excluding carboxylic acids is 1. The van der Waals surface area contributed by atoms with Gasteiger partial charge in [-0.15, -0.1) is 0 Å².